The Labute approximate surface area is 155 Å². The number of hydrogen-bond acceptors (Lipinski definition) is 4. The molecule has 0 bridgehead atoms. The van der Waals surface area contributed by atoms with Crippen molar-refractivity contribution in [2.24, 2.45) is 0 Å². The quantitative estimate of drug-likeness (QED) is 0.800. The SMILES string of the molecule is COc1ccccc1OCC(=O)N(C)CC1Cc2ccccc2CN1C. The van der Waals surface area contributed by atoms with E-state index in [-0.39, 0.29) is 12.5 Å². The van der Waals surface area contributed by atoms with Crippen LogP contribution < -0.4 is 9.47 Å². The van der Waals surface area contributed by atoms with Crippen molar-refractivity contribution in [2.45, 2.75) is 19.0 Å². The van der Waals surface area contributed by atoms with Gasteiger partial charge in [0.2, 0.25) is 0 Å². The second-order valence-electron chi connectivity index (χ2n) is 6.76. The molecule has 1 heterocycles. The Bertz CT molecular complexity index is 762. The van der Waals surface area contributed by atoms with Crippen LogP contribution in [0.15, 0.2) is 48.5 Å². The molecular formula is C21H26N2O3. The number of amides is 1. The largest absolute Gasteiger partial charge is 0.493 e. The monoisotopic (exact) mass is 354 g/mol. The summed E-state index contributed by atoms with van der Waals surface area (Å²) in [5, 5.41) is 0. The Morgan fingerprint density at radius 1 is 1.12 bits per heavy atom. The molecule has 138 valence electrons. The van der Waals surface area contributed by atoms with Crippen LogP contribution in [-0.2, 0) is 17.8 Å². The first-order valence-electron chi connectivity index (χ1n) is 8.85. The molecule has 1 atom stereocenters. The van der Waals surface area contributed by atoms with E-state index in [1.54, 1.807) is 18.1 Å². The van der Waals surface area contributed by atoms with E-state index in [0.29, 0.717) is 24.1 Å². The number of hydrogen-bond donors (Lipinski definition) is 0. The normalized spacial score (nSPS) is 16.7. The molecule has 2 aromatic carbocycles. The highest BCUT2D eigenvalue weighted by atomic mass is 16.5. The molecule has 0 saturated heterocycles. The lowest BCUT2D eigenvalue weighted by Gasteiger charge is -2.36. The Kier molecular flexibility index (Phi) is 5.78. The number of benzene rings is 2. The van der Waals surface area contributed by atoms with Crippen molar-refractivity contribution >= 4 is 5.91 Å². The number of para-hydroxylation sites is 2. The van der Waals surface area contributed by atoms with E-state index < -0.39 is 0 Å². The lowest BCUT2D eigenvalue weighted by atomic mass is 9.94. The summed E-state index contributed by atoms with van der Waals surface area (Å²) in [6.07, 6.45) is 0.956. The number of carbonyl (C=O) groups is 1. The molecule has 0 saturated carbocycles. The van der Waals surface area contributed by atoms with Crippen molar-refractivity contribution in [2.75, 3.05) is 34.4 Å². The lowest BCUT2D eigenvalue weighted by Crippen LogP contribution is -2.47. The van der Waals surface area contributed by atoms with Gasteiger partial charge in [-0.2, -0.15) is 0 Å². The minimum Gasteiger partial charge on any atom is -0.493 e. The van der Waals surface area contributed by atoms with Crippen molar-refractivity contribution in [3.05, 3.63) is 59.7 Å². The summed E-state index contributed by atoms with van der Waals surface area (Å²) >= 11 is 0. The van der Waals surface area contributed by atoms with Crippen LogP contribution in [0.1, 0.15) is 11.1 Å². The maximum atomic E-state index is 12.5. The average Bonchev–Trinajstić information content (AvgIpc) is 2.66. The molecule has 1 aliphatic rings. The summed E-state index contributed by atoms with van der Waals surface area (Å²) in [6.45, 7) is 1.60. The Morgan fingerprint density at radius 2 is 1.77 bits per heavy atom. The Balaban J connectivity index is 1.56. The molecule has 0 spiro atoms. The molecule has 0 radical (unpaired) electrons. The van der Waals surface area contributed by atoms with Gasteiger partial charge in [-0.3, -0.25) is 9.69 Å². The Hall–Kier alpha value is -2.53. The number of ether oxygens (including phenoxy) is 2. The van der Waals surface area contributed by atoms with E-state index in [2.05, 4.69) is 36.2 Å². The Morgan fingerprint density at radius 3 is 2.50 bits per heavy atom. The summed E-state index contributed by atoms with van der Waals surface area (Å²) in [5.41, 5.74) is 2.75. The van der Waals surface area contributed by atoms with Gasteiger partial charge in [0.15, 0.2) is 18.1 Å². The van der Waals surface area contributed by atoms with E-state index in [1.807, 2.05) is 25.2 Å². The van der Waals surface area contributed by atoms with Crippen LogP contribution in [0.2, 0.25) is 0 Å². The van der Waals surface area contributed by atoms with Crippen molar-refractivity contribution in [1.29, 1.82) is 0 Å². The zero-order valence-corrected chi connectivity index (χ0v) is 15.6. The molecular weight excluding hydrogens is 328 g/mol. The summed E-state index contributed by atoms with van der Waals surface area (Å²) in [7, 11) is 5.54. The second kappa shape index (κ2) is 8.23. The van der Waals surface area contributed by atoms with E-state index in [4.69, 9.17) is 9.47 Å². The topological polar surface area (TPSA) is 42.0 Å². The third-order valence-corrected chi connectivity index (χ3v) is 4.95. The van der Waals surface area contributed by atoms with Crippen LogP contribution in [-0.4, -0.2) is 56.1 Å². The van der Waals surface area contributed by atoms with Gasteiger partial charge in [0, 0.05) is 26.2 Å². The van der Waals surface area contributed by atoms with Crippen molar-refractivity contribution in [3.8, 4) is 11.5 Å². The molecule has 1 amide bonds. The standard InChI is InChI=1S/C21H26N2O3/c1-22-13-17-9-5-4-8-16(17)12-18(22)14-23(2)21(24)15-26-20-11-7-6-10-19(20)25-3/h4-11,18H,12-15H2,1-3H3. The lowest BCUT2D eigenvalue weighted by molar-refractivity contribution is -0.132. The summed E-state index contributed by atoms with van der Waals surface area (Å²) in [4.78, 5) is 16.6. The van der Waals surface area contributed by atoms with E-state index in [1.165, 1.54) is 11.1 Å². The molecule has 0 aliphatic carbocycles. The van der Waals surface area contributed by atoms with Crippen LogP contribution in [0.25, 0.3) is 0 Å². The highest BCUT2D eigenvalue weighted by molar-refractivity contribution is 5.77. The van der Waals surface area contributed by atoms with Gasteiger partial charge >= 0.3 is 0 Å². The van der Waals surface area contributed by atoms with Crippen LogP contribution in [0.4, 0.5) is 0 Å². The minimum atomic E-state index is -0.0387. The van der Waals surface area contributed by atoms with E-state index in [9.17, 15) is 4.79 Å². The van der Waals surface area contributed by atoms with Crippen molar-refractivity contribution in [1.82, 2.24) is 9.80 Å². The average molecular weight is 354 g/mol. The van der Waals surface area contributed by atoms with Gasteiger partial charge < -0.3 is 14.4 Å². The predicted octanol–water partition coefficient (Wildman–Crippen LogP) is 2.59. The van der Waals surface area contributed by atoms with Crippen molar-refractivity contribution < 1.29 is 14.3 Å². The molecule has 1 aliphatic heterocycles. The molecule has 26 heavy (non-hydrogen) atoms. The predicted molar refractivity (Wildman–Crippen MR) is 102 cm³/mol. The van der Waals surface area contributed by atoms with Crippen LogP contribution >= 0.6 is 0 Å². The highest BCUT2D eigenvalue weighted by Crippen LogP contribution is 2.26. The zero-order chi connectivity index (χ0) is 18.5. The van der Waals surface area contributed by atoms with Gasteiger partial charge in [-0.25, -0.2) is 0 Å². The molecule has 3 rings (SSSR count). The first-order valence-corrected chi connectivity index (χ1v) is 8.85. The van der Waals surface area contributed by atoms with E-state index >= 15 is 0 Å². The first kappa shape index (κ1) is 18.3. The van der Waals surface area contributed by atoms with Crippen LogP contribution in [0, 0.1) is 0 Å². The maximum absolute atomic E-state index is 12.5. The van der Waals surface area contributed by atoms with Gasteiger partial charge in [-0.15, -0.1) is 0 Å². The van der Waals surface area contributed by atoms with Gasteiger partial charge in [-0.1, -0.05) is 36.4 Å². The van der Waals surface area contributed by atoms with Crippen LogP contribution in [0.3, 0.4) is 0 Å². The van der Waals surface area contributed by atoms with Gasteiger partial charge in [0.1, 0.15) is 0 Å². The number of nitrogens with zero attached hydrogens (tertiary/aromatic N) is 2. The summed E-state index contributed by atoms with van der Waals surface area (Å²) in [6, 6.07) is 16.2. The fourth-order valence-corrected chi connectivity index (χ4v) is 3.33. The molecule has 0 N–H and O–H groups in total. The second-order valence-corrected chi connectivity index (χ2v) is 6.76. The summed E-state index contributed by atoms with van der Waals surface area (Å²) in [5.74, 6) is 1.18. The maximum Gasteiger partial charge on any atom is 0.260 e. The number of carbonyl (C=O) groups excluding carboxylic acids is 1. The molecule has 0 aromatic heterocycles. The fourth-order valence-electron chi connectivity index (χ4n) is 3.33. The number of methoxy groups -OCH3 is 1. The van der Waals surface area contributed by atoms with Crippen LogP contribution in [0.5, 0.6) is 11.5 Å². The molecule has 0 fully saturated rings. The molecule has 2 aromatic rings. The van der Waals surface area contributed by atoms with Crippen molar-refractivity contribution in [3.63, 3.8) is 0 Å². The molecule has 5 heteroatoms. The van der Waals surface area contributed by atoms with Gasteiger partial charge in [0.05, 0.1) is 7.11 Å². The minimum absolute atomic E-state index is 0.00386. The smallest absolute Gasteiger partial charge is 0.260 e. The fraction of sp³-hybridized carbons (Fsp3) is 0.381. The molecule has 1 unspecified atom stereocenters. The van der Waals surface area contributed by atoms with Gasteiger partial charge in [0.25, 0.3) is 5.91 Å². The zero-order valence-electron chi connectivity index (χ0n) is 15.6. The molecule has 5 nitrogen and oxygen atoms in total. The first-order chi connectivity index (χ1) is 12.6. The van der Waals surface area contributed by atoms with E-state index in [0.717, 1.165) is 13.0 Å². The van der Waals surface area contributed by atoms with Gasteiger partial charge in [-0.05, 0) is 36.7 Å². The number of likely N-dealkylation sites (N-methyl/N-ethyl adjacent to an activating group) is 2. The highest BCUT2D eigenvalue weighted by Gasteiger charge is 2.25. The third-order valence-electron chi connectivity index (χ3n) is 4.95. The number of fused-ring (bicyclic) bond motifs is 1. The number of rotatable bonds is 6. The third kappa shape index (κ3) is 4.17. The summed E-state index contributed by atoms with van der Waals surface area (Å²) < 4.78 is 10.9.